The molecule has 0 N–H and O–H groups in total. The van der Waals surface area contributed by atoms with E-state index in [4.69, 9.17) is 4.98 Å². The lowest BCUT2D eigenvalue weighted by Crippen LogP contribution is -2.55. The molecule has 2 aromatic heterocycles. The number of hydrogen-bond donors (Lipinski definition) is 0. The van der Waals surface area contributed by atoms with Gasteiger partial charge in [0.15, 0.2) is 21.5 Å². The van der Waals surface area contributed by atoms with Gasteiger partial charge in [0.2, 0.25) is 5.91 Å². The summed E-state index contributed by atoms with van der Waals surface area (Å²) in [5.74, 6) is 1.33. The second-order valence-corrected chi connectivity index (χ2v) is 11.6. The van der Waals surface area contributed by atoms with Crippen molar-refractivity contribution in [2.24, 2.45) is 0 Å². The number of benzene rings is 1. The Balaban J connectivity index is 1.51. The van der Waals surface area contributed by atoms with Gasteiger partial charge in [-0.25, -0.2) is 18.4 Å². The maximum Gasteiger partial charge on any atom is 0.249 e. The molecular weight excluding hydrogens is 474 g/mol. The number of carbonyl (C=O) groups is 1. The van der Waals surface area contributed by atoms with Crippen molar-refractivity contribution in [1.29, 1.82) is 0 Å². The summed E-state index contributed by atoms with van der Waals surface area (Å²) in [6.45, 7) is 2.04. The number of nitrogens with zero attached hydrogens (tertiary/aromatic N) is 5. The van der Waals surface area contributed by atoms with E-state index in [0.717, 1.165) is 42.6 Å². The monoisotopic (exact) mass is 505 g/mol. The molecule has 5 rings (SSSR count). The largest absolute Gasteiger partial charge is 0.340 e. The second-order valence-electron chi connectivity index (χ2n) is 9.48. The van der Waals surface area contributed by atoms with Crippen LogP contribution in [0.3, 0.4) is 0 Å². The molecule has 188 valence electrons. The highest BCUT2D eigenvalue weighted by molar-refractivity contribution is 7.91. The van der Waals surface area contributed by atoms with Gasteiger partial charge >= 0.3 is 0 Å². The van der Waals surface area contributed by atoms with Crippen LogP contribution in [-0.2, 0) is 21.1 Å². The third-order valence-electron chi connectivity index (χ3n) is 7.30. The fourth-order valence-electron chi connectivity index (χ4n) is 5.35. The summed E-state index contributed by atoms with van der Waals surface area (Å²) in [7, 11) is -1.65. The van der Waals surface area contributed by atoms with Crippen LogP contribution in [0.2, 0.25) is 0 Å². The first kappa shape index (κ1) is 24.4. The number of fused-ring (bicyclic) bond motifs is 1. The summed E-state index contributed by atoms with van der Waals surface area (Å²) in [6.07, 6.45) is 10.5. The summed E-state index contributed by atoms with van der Waals surface area (Å²) < 4.78 is 25.8. The van der Waals surface area contributed by atoms with E-state index in [2.05, 4.69) is 14.9 Å². The van der Waals surface area contributed by atoms with Crippen LogP contribution in [0, 0.1) is 0 Å². The van der Waals surface area contributed by atoms with Crippen molar-refractivity contribution in [1.82, 2.24) is 15.0 Å². The van der Waals surface area contributed by atoms with Crippen molar-refractivity contribution >= 4 is 27.2 Å². The molecule has 1 saturated carbocycles. The molecule has 3 heterocycles. The van der Waals surface area contributed by atoms with Gasteiger partial charge in [-0.1, -0.05) is 38.0 Å². The Labute approximate surface area is 212 Å². The molecule has 1 aliphatic carbocycles. The number of hydrogen-bond acceptors (Lipinski definition) is 7. The van der Waals surface area contributed by atoms with Gasteiger partial charge in [-0.2, -0.15) is 0 Å². The minimum absolute atomic E-state index is 0.0377. The highest BCUT2D eigenvalue weighted by Crippen LogP contribution is 2.40. The Kier molecular flexibility index (Phi) is 6.75. The van der Waals surface area contributed by atoms with E-state index in [1.807, 2.05) is 13.0 Å². The number of rotatable bonds is 7. The number of sulfone groups is 1. The Morgan fingerprint density at radius 3 is 2.53 bits per heavy atom. The summed E-state index contributed by atoms with van der Waals surface area (Å²) in [5, 5.41) is 0. The van der Waals surface area contributed by atoms with Crippen LogP contribution in [0.5, 0.6) is 0 Å². The van der Waals surface area contributed by atoms with Crippen LogP contribution in [0.4, 0.5) is 11.5 Å². The van der Waals surface area contributed by atoms with Crippen molar-refractivity contribution in [3.63, 3.8) is 0 Å². The quantitative estimate of drug-likeness (QED) is 0.478. The Morgan fingerprint density at radius 2 is 1.81 bits per heavy atom. The molecule has 1 amide bonds. The Morgan fingerprint density at radius 1 is 1.06 bits per heavy atom. The number of aryl methyl sites for hydroxylation is 1. The average molecular weight is 506 g/mol. The maximum atomic E-state index is 13.2. The predicted molar refractivity (Wildman–Crippen MR) is 140 cm³/mol. The van der Waals surface area contributed by atoms with Crippen LogP contribution in [0.25, 0.3) is 11.4 Å². The molecule has 2 aliphatic rings. The minimum atomic E-state index is -3.44. The highest BCUT2D eigenvalue weighted by Gasteiger charge is 2.41. The standard InChI is InChI=1S/C27H31N5O3S/c1-3-23-27(33)31(2)24-18-29-25(30-26(24)32(23)20-9-7-8-10-20)22-13-15-28-17-19(22)14-16-36(34,35)21-11-5-4-6-12-21/h4-6,11-13,15,17-18,20,23H,3,7-10,14,16H2,1-2H3/t23-/m1/s1. The van der Waals surface area contributed by atoms with Gasteiger partial charge in [0.1, 0.15) is 11.7 Å². The molecule has 0 radical (unpaired) electrons. The fraction of sp³-hybridized carbons (Fsp3) is 0.407. The van der Waals surface area contributed by atoms with Gasteiger partial charge < -0.3 is 9.80 Å². The SMILES string of the molecule is CC[C@@H]1C(=O)N(C)c2cnc(-c3ccncc3CCS(=O)(=O)c3ccccc3)nc2N1C1CCCC1. The Bertz CT molecular complexity index is 1360. The molecule has 1 fully saturated rings. The van der Waals surface area contributed by atoms with Crippen LogP contribution in [0.1, 0.15) is 44.6 Å². The molecule has 9 heteroatoms. The van der Waals surface area contributed by atoms with Crippen molar-refractivity contribution in [3.8, 4) is 11.4 Å². The van der Waals surface area contributed by atoms with Crippen LogP contribution in [-0.4, -0.2) is 54.2 Å². The molecule has 0 unspecified atom stereocenters. The predicted octanol–water partition coefficient (Wildman–Crippen LogP) is 4.06. The molecule has 3 aromatic rings. The summed E-state index contributed by atoms with van der Waals surface area (Å²) in [5.41, 5.74) is 2.24. The third kappa shape index (κ3) is 4.48. The van der Waals surface area contributed by atoms with E-state index in [-0.39, 0.29) is 23.7 Å². The average Bonchev–Trinajstić information content (AvgIpc) is 3.44. The zero-order valence-electron chi connectivity index (χ0n) is 20.7. The molecule has 0 saturated heterocycles. The van der Waals surface area contributed by atoms with E-state index in [9.17, 15) is 13.2 Å². The summed E-state index contributed by atoms with van der Waals surface area (Å²) >= 11 is 0. The summed E-state index contributed by atoms with van der Waals surface area (Å²) in [4.78, 5) is 31.2. The number of anilines is 2. The summed E-state index contributed by atoms with van der Waals surface area (Å²) in [6, 6.07) is 10.4. The van der Waals surface area contributed by atoms with Crippen molar-refractivity contribution in [3.05, 3.63) is 60.6 Å². The molecule has 1 atom stereocenters. The Hall–Kier alpha value is -3.33. The fourth-order valence-corrected chi connectivity index (χ4v) is 6.64. The van der Waals surface area contributed by atoms with Gasteiger partial charge in [0.05, 0.1) is 16.8 Å². The first-order chi connectivity index (χ1) is 17.4. The van der Waals surface area contributed by atoms with Crippen LogP contribution >= 0.6 is 0 Å². The normalized spacial score (nSPS) is 18.5. The van der Waals surface area contributed by atoms with E-state index in [0.29, 0.717) is 29.2 Å². The third-order valence-corrected chi connectivity index (χ3v) is 9.03. The van der Waals surface area contributed by atoms with Crippen molar-refractivity contribution in [2.45, 2.75) is 62.4 Å². The van der Waals surface area contributed by atoms with Crippen molar-refractivity contribution < 1.29 is 13.2 Å². The van der Waals surface area contributed by atoms with Gasteiger partial charge in [-0.15, -0.1) is 0 Å². The number of carbonyl (C=O) groups excluding carboxylic acids is 1. The molecular formula is C27H31N5O3S. The first-order valence-electron chi connectivity index (χ1n) is 12.5. The molecule has 1 aromatic carbocycles. The lowest BCUT2D eigenvalue weighted by molar-refractivity contribution is -0.120. The zero-order chi connectivity index (χ0) is 25.3. The number of pyridine rings is 1. The van der Waals surface area contributed by atoms with E-state index >= 15 is 0 Å². The molecule has 36 heavy (non-hydrogen) atoms. The van der Waals surface area contributed by atoms with Gasteiger partial charge in [0, 0.05) is 31.0 Å². The van der Waals surface area contributed by atoms with Gasteiger partial charge in [-0.05, 0) is 49.4 Å². The number of likely N-dealkylation sites (N-methyl/N-ethyl adjacent to an activating group) is 1. The molecule has 1 aliphatic heterocycles. The number of amides is 1. The van der Waals surface area contributed by atoms with E-state index in [1.54, 1.807) is 60.9 Å². The van der Waals surface area contributed by atoms with Gasteiger partial charge in [0.25, 0.3) is 0 Å². The van der Waals surface area contributed by atoms with Crippen LogP contribution < -0.4 is 9.80 Å². The molecule has 0 bridgehead atoms. The van der Waals surface area contributed by atoms with E-state index in [1.165, 1.54) is 0 Å². The lowest BCUT2D eigenvalue weighted by Gasteiger charge is -2.43. The van der Waals surface area contributed by atoms with Gasteiger partial charge in [-0.3, -0.25) is 9.78 Å². The van der Waals surface area contributed by atoms with Crippen molar-refractivity contribution in [2.75, 3.05) is 22.6 Å². The van der Waals surface area contributed by atoms with Crippen LogP contribution in [0.15, 0.2) is 59.9 Å². The zero-order valence-corrected chi connectivity index (χ0v) is 21.5. The smallest absolute Gasteiger partial charge is 0.249 e. The maximum absolute atomic E-state index is 13.2. The second kappa shape index (κ2) is 9.97. The van der Waals surface area contributed by atoms with E-state index < -0.39 is 9.84 Å². The first-order valence-corrected chi connectivity index (χ1v) is 14.2. The topological polar surface area (TPSA) is 96.4 Å². The lowest BCUT2D eigenvalue weighted by atomic mass is 10.0. The highest BCUT2D eigenvalue weighted by atomic mass is 32.2. The minimum Gasteiger partial charge on any atom is -0.340 e. The number of aromatic nitrogens is 3. The molecule has 0 spiro atoms. The molecule has 8 nitrogen and oxygen atoms in total.